The van der Waals surface area contributed by atoms with Gasteiger partial charge in [-0.2, -0.15) is 0 Å². The molecule has 0 radical (unpaired) electrons. The fourth-order valence-corrected chi connectivity index (χ4v) is 5.70. The normalized spacial score (nSPS) is 11.9. The minimum atomic E-state index is -3.73. The van der Waals surface area contributed by atoms with Gasteiger partial charge in [-0.25, -0.2) is 13.4 Å². The highest BCUT2D eigenvalue weighted by Crippen LogP contribution is 2.39. The number of ether oxygens (including phenoxy) is 2. The number of hydrogen-bond donors (Lipinski definition) is 2. The Hall–Kier alpha value is -4.51. The summed E-state index contributed by atoms with van der Waals surface area (Å²) in [5, 5.41) is 11.8. The summed E-state index contributed by atoms with van der Waals surface area (Å²) in [6, 6.07) is 19.7. The number of fused-ring (bicyclic) bond motifs is 1. The molecule has 0 saturated carbocycles. The van der Waals surface area contributed by atoms with Crippen LogP contribution in [-0.4, -0.2) is 74.1 Å². The average molecular weight is 607 g/mol. The quantitative estimate of drug-likeness (QED) is 0.194. The van der Waals surface area contributed by atoms with Crippen LogP contribution in [0, 0.1) is 0 Å². The summed E-state index contributed by atoms with van der Waals surface area (Å²) in [6.45, 7) is 9.06. The highest BCUT2D eigenvalue weighted by Gasteiger charge is 2.24. The Morgan fingerprint density at radius 1 is 0.907 bits per heavy atom. The SMILES string of the molecule is CCOc1cc2[nH]c(O)c(C(=Nc3ccc(N(CC(=O)N(CC)CC)S(C)(=O)=O)cc3)c3ccccc3)c2cc1OCC. The zero-order valence-electron chi connectivity index (χ0n) is 25.1. The minimum absolute atomic E-state index is 0.0662. The van der Waals surface area contributed by atoms with Crippen molar-refractivity contribution in [2.45, 2.75) is 27.7 Å². The smallest absolute Gasteiger partial charge is 0.243 e. The molecule has 0 fully saturated rings. The van der Waals surface area contributed by atoms with Gasteiger partial charge in [0.2, 0.25) is 15.9 Å². The highest BCUT2D eigenvalue weighted by atomic mass is 32.2. The van der Waals surface area contributed by atoms with Crippen LogP contribution < -0.4 is 13.8 Å². The molecular weight excluding hydrogens is 568 g/mol. The maximum Gasteiger partial charge on any atom is 0.243 e. The number of likely N-dealkylation sites (N-methyl/N-ethyl adjacent to an activating group) is 1. The van der Waals surface area contributed by atoms with Crippen LogP contribution in [0.4, 0.5) is 11.4 Å². The van der Waals surface area contributed by atoms with E-state index in [2.05, 4.69) is 4.98 Å². The molecule has 0 unspecified atom stereocenters. The van der Waals surface area contributed by atoms with Crippen molar-refractivity contribution < 1.29 is 27.8 Å². The predicted octanol–water partition coefficient (Wildman–Crippen LogP) is 5.47. The van der Waals surface area contributed by atoms with Gasteiger partial charge in [0.05, 0.1) is 47.6 Å². The topological polar surface area (TPSA) is 125 Å². The molecule has 0 bridgehead atoms. The molecule has 0 spiro atoms. The number of rotatable bonds is 13. The fraction of sp³-hybridized carbons (Fsp3) is 0.312. The largest absolute Gasteiger partial charge is 0.494 e. The number of nitrogens with one attached hydrogen (secondary N) is 1. The molecule has 228 valence electrons. The average Bonchev–Trinajstić information content (AvgIpc) is 3.30. The van der Waals surface area contributed by atoms with Crippen LogP contribution in [0.3, 0.4) is 0 Å². The van der Waals surface area contributed by atoms with E-state index in [0.29, 0.717) is 71.4 Å². The van der Waals surface area contributed by atoms with Crippen molar-refractivity contribution in [3.63, 3.8) is 0 Å². The number of aromatic nitrogens is 1. The van der Waals surface area contributed by atoms with Gasteiger partial charge in [-0.1, -0.05) is 30.3 Å². The molecule has 0 aliphatic rings. The van der Waals surface area contributed by atoms with Crippen LogP contribution in [0.25, 0.3) is 10.9 Å². The Morgan fingerprint density at radius 3 is 2.07 bits per heavy atom. The number of aliphatic imine (C=N–C) groups is 1. The van der Waals surface area contributed by atoms with E-state index >= 15 is 0 Å². The van der Waals surface area contributed by atoms with Gasteiger partial charge in [0.25, 0.3) is 0 Å². The second-order valence-corrected chi connectivity index (χ2v) is 11.6. The second-order valence-electron chi connectivity index (χ2n) is 9.74. The summed E-state index contributed by atoms with van der Waals surface area (Å²) in [5.74, 6) is 0.767. The molecule has 4 aromatic rings. The number of H-pyrrole nitrogens is 1. The number of nitrogens with zero attached hydrogens (tertiary/aromatic N) is 3. The lowest BCUT2D eigenvalue weighted by atomic mass is 10.0. The van der Waals surface area contributed by atoms with Gasteiger partial charge in [0, 0.05) is 30.1 Å². The molecule has 2 N–H and O–H groups in total. The van der Waals surface area contributed by atoms with E-state index in [1.165, 1.54) is 0 Å². The lowest BCUT2D eigenvalue weighted by Crippen LogP contribution is -2.42. The maximum atomic E-state index is 12.8. The molecule has 10 nitrogen and oxygen atoms in total. The van der Waals surface area contributed by atoms with Gasteiger partial charge in [0.1, 0.15) is 6.54 Å². The number of sulfonamides is 1. The van der Waals surface area contributed by atoms with E-state index in [1.54, 1.807) is 35.2 Å². The first-order valence-corrected chi connectivity index (χ1v) is 16.1. The number of benzene rings is 3. The summed E-state index contributed by atoms with van der Waals surface area (Å²) in [5.41, 5.74) is 3.27. The Bertz CT molecular complexity index is 1700. The number of anilines is 1. The molecule has 0 atom stereocenters. The van der Waals surface area contributed by atoms with Crippen LogP contribution >= 0.6 is 0 Å². The van der Waals surface area contributed by atoms with E-state index in [1.807, 2.05) is 64.1 Å². The van der Waals surface area contributed by atoms with E-state index in [9.17, 15) is 18.3 Å². The van der Waals surface area contributed by atoms with Gasteiger partial charge in [-0.15, -0.1) is 0 Å². The van der Waals surface area contributed by atoms with Gasteiger partial charge < -0.3 is 24.5 Å². The van der Waals surface area contributed by atoms with Crippen LogP contribution in [0.15, 0.2) is 71.7 Å². The van der Waals surface area contributed by atoms with Crippen molar-refractivity contribution in [3.05, 3.63) is 77.9 Å². The molecule has 1 aromatic heterocycles. The number of aromatic amines is 1. The molecule has 11 heteroatoms. The second kappa shape index (κ2) is 13.6. The van der Waals surface area contributed by atoms with Gasteiger partial charge >= 0.3 is 0 Å². The maximum absolute atomic E-state index is 12.8. The van der Waals surface area contributed by atoms with Crippen molar-refractivity contribution in [2.75, 3.05) is 43.4 Å². The van der Waals surface area contributed by atoms with Crippen molar-refractivity contribution in [2.24, 2.45) is 4.99 Å². The van der Waals surface area contributed by atoms with E-state index in [-0.39, 0.29) is 18.3 Å². The van der Waals surface area contributed by atoms with Gasteiger partial charge in [-0.3, -0.25) is 9.10 Å². The van der Waals surface area contributed by atoms with Crippen molar-refractivity contribution >= 4 is 43.9 Å². The Morgan fingerprint density at radius 2 is 1.51 bits per heavy atom. The van der Waals surface area contributed by atoms with Gasteiger partial charge in [0.15, 0.2) is 17.4 Å². The molecular formula is C32H38N4O6S. The highest BCUT2D eigenvalue weighted by molar-refractivity contribution is 7.92. The summed E-state index contributed by atoms with van der Waals surface area (Å²) in [4.78, 5) is 22.3. The molecule has 0 aliphatic heterocycles. The van der Waals surface area contributed by atoms with E-state index in [4.69, 9.17) is 14.5 Å². The van der Waals surface area contributed by atoms with Crippen LogP contribution in [-0.2, 0) is 14.8 Å². The van der Waals surface area contributed by atoms with Crippen LogP contribution in [0.5, 0.6) is 17.4 Å². The summed E-state index contributed by atoms with van der Waals surface area (Å²) in [7, 11) is -3.73. The molecule has 1 heterocycles. The number of amides is 1. The van der Waals surface area contributed by atoms with Crippen molar-refractivity contribution in [3.8, 4) is 17.4 Å². The standard InChI is InChI=1S/C32H38N4O6S/c1-6-35(7-2)29(37)21-36(43(5,39)40)24-17-15-23(16-18-24)33-31(22-13-11-10-12-14-22)30-25-19-27(41-8-3)28(42-9-4)20-26(25)34-32(30)38/h10-20,34,38H,6-9,21H2,1-5H3. The number of carbonyl (C=O) groups excluding carboxylic acids is 1. The lowest BCUT2D eigenvalue weighted by molar-refractivity contribution is -0.129. The Kier molecular flexibility index (Phi) is 9.97. The zero-order chi connectivity index (χ0) is 31.1. The van der Waals surface area contributed by atoms with Crippen LogP contribution in [0.1, 0.15) is 38.8 Å². The van der Waals surface area contributed by atoms with E-state index < -0.39 is 10.0 Å². The third-order valence-corrected chi connectivity index (χ3v) is 8.04. The Labute approximate surface area is 252 Å². The summed E-state index contributed by atoms with van der Waals surface area (Å²) >= 11 is 0. The first kappa shape index (κ1) is 31.4. The lowest BCUT2D eigenvalue weighted by Gasteiger charge is -2.26. The number of aromatic hydroxyl groups is 1. The first-order valence-electron chi connectivity index (χ1n) is 14.2. The molecule has 3 aromatic carbocycles. The number of hydrogen-bond acceptors (Lipinski definition) is 7. The molecule has 4 rings (SSSR count). The molecule has 0 saturated heterocycles. The predicted molar refractivity (Wildman–Crippen MR) is 171 cm³/mol. The van der Waals surface area contributed by atoms with E-state index in [0.717, 1.165) is 16.1 Å². The minimum Gasteiger partial charge on any atom is -0.494 e. The summed E-state index contributed by atoms with van der Waals surface area (Å²) in [6.07, 6.45) is 1.08. The van der Waals surface area contributed by atoms with Crippen molar-refractivity contribution in [1.82, 2.24) is 9.88 Å². The zero-order valence-corrected chi connectivity index (χ0v) is 25.9. The number of carbonyl (C=O) groups is 1. The third kappa shape index (κ3) is 7.11. The molecule has 43 heavy (non-hydrogen) atoms. The molecule has 0 aliphatic carbocycles. The van der Waals surface area contributed by atoms with Crippen LogP contribution in [0.2, 0.25) is 0 Å². The molecule has 1 amide bonds. The monoisotopic (exact) mass is 606 g/mol. The first-order chi connectivity index (χ1) is 20.6. The van der Waals surface area contributed by atoms with Gasteiger partial charge in [-0.05, 0) is 58.0 Å². The summed E-state index contributed by atoms with van der Waals surface area (Å²) < 4.78 is 38.0. The third-order valence-electron chi connectivity index (χ3n) is 6.90. The van der Waals surface area contributed by atoms with Crippen molar-refractivity contribution in [1.29, 1.82) is 0 Å². The Balaban J connectivity index is 1.81. The fourth-order valence-electron chi connectivity index (χ4n) is 4.85.